The molecule has 1 amide bonds. The Hall–Kier alpha value is -1.88. The van der Waals surface area contributed by atoms with Gasteiger partial charge in [0.05, 0.1) is 9.04 Å². The van der Waals surface area contributed by atoms with Gasteiger partial charge in [-0.3, -0.25) is 4.79 Å². The molecule has 2 nitrogen and oxygen atoms in total. The van der Waals surface area contributed by atoms with E-state index in [0.717, 1.165) is 20.5 Å². The van der Waals surface area contributed by atoms with Crippen LogP contribution in [0.15, 0.2) is 54.6 Å². The molecule has 0 bridgehead atoms. The van der Waals surface area contributed by atoms with Gasteiger partial charge in [0.15, 0.2) is 0 Å². The Labute approximate surface area is 140 Å². The van der Waals surface area contributed by atoms with E-state index in [1.165, 1.54) is 16.0 Å². The lowest BCUT2D eigenvalue weighted by Crippen LogP contribution is -2.10. The molecule has 0 saturated carbocycles. The topological polar surface area (TPSA) is 29.1 Å². The third kappa shape index (κ3) is 2.20. The highest BCUT2D eigenvalue weighted by molar-refractivity contribution is 7.42. The molecule has 0 saturated heterocycles. The Kier molecular flexibility index (Phi) is 3.37. The molecule has 0 unspecified atom stereocenters. The third-order valence-electron chi connectivity index (χ3n) is 3.41. The van der Waals surface area contributed by atoms with E-state index < -0.39 is 0 Å². The van der Waals surface area contributed by atoms with Crippen LogP contribution in [-0.4, -0.2) is 5.91 Å². The molecule has 2 aromatic heterocycles. The van der Waals surface area contributed by atoms with Crippen LogP contribution in [0.4, 0.5) is 5.69 Å². The quantitative estimate of drug-likeness (QED) is 0.473. The fourth-order valence-corrected chi connectivity index (χ4v) is 5.38. The van der Waals surface area contributed by atoms with Crippen LogP contribution in [0.2, 0.25) is 5.02 Å². The number of thiophene rings is 2. The summed E-state index contributed by atoms with van der Waals surface area (Å²) in [6.45, 7) is 0. The first kappa shape index (κ1) is 13.8. The predicted molar refractivity (Wildman–Crippen MR) is 96.6 cm³/mol. The predicted octanol–water partition coefficient (Wildman–Crippen LogP) is 6.02. The van der Waals surface area contributed by atoms with Crippen molar-refractivity contribution in [2.24, 2.45) is 0 Å². The highest BCUT2D eigenvalue weighted by atomic mass is 35.5. The second-order valence-electron chi connectivity index (χ2n) is 4.83. The zero-order valence-electron chi connectivity index (χ0n) is 11.3. The largest absolute Gasteiger partial charge is 0.321 e. The average molecular weight is 344 g/mol. The lowest BCUT2D eigenvalue weighted by atomic mass is 10.2. The molecule has 0 aliphatic heterocycles. The van der Waals surface area contributed by atoms with Gasteiger partial charge in [0.25, 0.3) is 5.91 Å². The second-order valence-corrected chi connectivity index (χ2v) is 7.54. The number of amides is 1. The SMILES string of the molecule is O=C(Nc1ccccc1)c1sc2sc3ccccc3c2c1Cl. The maximum absolute atomic E-state index is 12.5. The van der Waals surface area contributed by atoms with Crippen LogP contribution in [0.1, 0.15) is 9.67 Å². The second kappa shape index (κ2) is 5.39. The zero-order valence-corrected chi connectivity index (χ0v) is 13.7. The number of para-hydroxylation sites is 1. The first-order chi connectivity index (χ1) is 10.7. The standard InChI is InChI=1S/C17H10ClNOS2/c18-14-13-11-8-4-5-9-12(11)21-17(13)22-15(14)16(20)19-10-6-2-1-3-7-10/h1-9H,(H,19,20). The number of fused-ring (bicyclic) bond motifs is 3. The number of carbonyl (C=O) groups excluding carboxylic acids is 1. The van der Waals surface area contributed by atoms with E-state index in [1.54, 1.807) is 11.3 Å². The van der Waals surface area contributed by atoms with Gasteiger partial charge in [-0.1, -0.05) is 48.0 Å². The molecule has 0 aliphatic carbocycles. The van der Waals surface area contributed by atoms with Crippen LogP contribution in [0, 0.1) is 0 Å². The van der Waals surface area contributed by atoms with Crippen molar-refractivity contribution in [2.45, 2.75) is 0 Å². The van der Waals surface area contributed by atoms with E-state index in [1.807, 2.05) is 48.5 Å². The molecule has 2 aromatic carbocycles. The number of nitrogens with one attached hydrogen (secondary N) is 1. The van der Waals surface area contributed by atoms with E-state index in [4.69, 9.17) is 11.6 Å². The van der Waals surface area contributed by atoms with Gasteiger partial charge in [-0.2, -0.15) is 0 Å². The Morgan fingerprint density at radius 1 is 0.955 bits per heavy atom. The summed E-state index contributed by atoms with van der Waals surface area (Å²) >= 11 is 9.62. The maximum atomic E-state index is 12.5. The molecular weight excluding hydrogens is 334 g/mol. The van der Waals surface area contributed by atoms with Crippen molar-refractivity contribution >= 4 is 65.4 Å². The molecule has 0 fully saturated rings. The zero-order chi connectivity index (χ0) is 15.1. The van der Waals surface area contributed by atoms with Crippen molar-refractivity contribution in [1.82, 2.24) is 0 Å². The van der Waals surface area contributed by atoms with Gasteiger partial charge >= 0.3 is 0 Å². The molecule has 4 rings (SSSR count). The molecule has 5 heteroatoms. The van der Waals surface area contributed by atoms with Crippen LogP contribution in [0.25, 0.3) is 19.5 Å². The molecular formula is C17H10ClNOS2. The molecule has 108 valence electrons. The number of halogens is 1. The molecule has 0 radical (unpaired) electrons. The van der Waals surface area contributed by atoms with Crippen LogP contribution >= 0.6 is 34.3 Å². The Morgan fingerprint density at radius 3 is 2.50 bits per heavy atom. The minimum atomic E-state index is -0.159. The van der Waals surface area contributed by atoms with Gasteiger partial charge < -0.3 is 5.32 Å². The van der Waals surface area contributed by atoms with Crippen molar-refractivity contribution in [2.75, 3.05) is 5.32 Å². The summed E-state index contributed by atoms with van der Waals surface area (Å²) in [5.41, 5.74) is 0.769. The number of hydrogen-bond donors (Lipinski definition) is 1. The highest BCUT2D eigenvalue weighted by Gasteiger charge is 2.20. The number of hydrogen-bond acceptors (Lipinski definition) is 3. The van der Waals surface area contributed by atoms with Crippen molar-refractivity contribution in [3.05, 3.63) is 64.5 Å². The molecule has 0 atom stereocenters. The number of rotatable bonds is 2. The van der Waals surface area contributed by atoms with Gasteiger partial charge in [0, 0.05) is 21.2 Å². The van der Waals surface area contributed by atoms with Gasteiger partial charge in [-0.15, -0.1) is 22.7 Å². The van der Waals surface area contributed by atoms with Gasteiger partial charge in [0.1, 0.15) is 4.88 Å². The van der Waals surface area contributed by atoms with Crippen LogP contribution in [0.3, 0.4) is 0 Å². The molecule has 2 heterocycles. The first-order valence-corrected chi connectivity index (χ1v) is 8.71. The molecule has 4 aromatic rings. The van der Waals surface area contributed by atoms with E-state index in [2.05, 4.69) is 11.4 Å². The van der Waals surface area contributed by atoms with Crippen molar-refractivity contribution in [1.29, 1.82) is 0 Å². The molecule has 0 spiro atoms. The lowest BCUT2D eigenvalue weighted by molar-refractivity contribution is 0.103. The number of benzene rings is 2. The Morgan fingerprint density at radius 2 is 1.68 bits per heavy atom. The lowest BCUT2D eigenvalue weighted by Gasteiger charge is -2.03. The summed E-state index contributed by atoms with van der Waals surface area (Å²) in [5.74, 6) is -0.159. The summed E-state index contributed by atoms with van der Waals surface area (Å²) in [4.78, 5) is 13.0. The summed E-state index contributed by atoms with van der Waals surface area (Å²) in [6.07, 6.45) is 0. The first-order valence-electron chi connectivity index (χ1n) is 6.70. The summed E-state index contributed by atoms with van der Waals surface area (Å²) < 4.78 is 2.28. The summed E-state index contributed by atoms with van der Waals surface area (Å²) in [5, 5.41) is 5.54. The highest BCUT2D eigenvalue weighted by Crippen LogP contribution is 2.45. The fourth-order valence-electron chi connectivity index (χ4n) is 2.41. The van der Waals surface area contributed by atoms with Crippen molar-refractivity contribution in [3.63, 3.8) is 0 Å². The van der Waals surface area contributed by atoms with E-state index in [-0.39, 0.29) is 5.91 Å². The maximum Gasteiger partial charge on any atom is 0.267 e. The number of anilines is 1. The molecule has 22 heavy (non-hydrogen) atoms. The minimum absolute atomic E-state index is 0.159. The minimum Gasteiger partial charge on any atom is -0.321 e. The molecule has 1 N–H and O–H groups in total. The monoisotopic (exact) mass is 343 g/mol. The smallest absolute Gasteiger partial charge is 0.267 e. The van der Waals surface area contributed by atoms with Gasteiger partial charge in [0.2, 0.25) is 0 Å². The van der Waals surface area contributed by atoms with Gasteiger partial charge in [-0.25, -0.2) is 0 Å². The summed E-state index contributed by atoms with van der Waals surface area (Å²) in [6, 6.07) is 17.5. The van der Waals surface area contributed by atoms with Crippen LogP contribution in [0.5, 0.6) is 0 Å². The fraction of sp³-hybridized carbons (Fsp3) is 0. The Bertz CT molecular complexity index is 988. The van der Waals surface area contributed by atoms with Crippen LogP contribution in [-0.2, 0) is 0 Å². The van der Waals surface area contributed by atoms with Crippen molar-refractivity contribution < 1.29 is 4.79 Å². The number of carbonyl (C=O) groups is 1. The third-order valence-corrected chi connectivity index (χ3v) is 6.35. The van der Waals surface area contributed by atoms with Crippen LogP contribution < -0.4 is 5.32 Å². The summed E-state index contributed by atoms with van der Waals surface area (Å²) in [7, 11) is 0. The Balaban J connectivity index is 1.79. The van der Waals surface area contributed by atoms with E-state index in [9.17, 15) is 4.79 Å². The van der Waals surface area contributed by atoms with Gasteiger partial charge in [-0.05, 0) is 18.2 Å². The van der Waals surface area contributed by atoms with Crippen molar-refractivity contribution in [3.8, 4) is 0 Å². The van der Waals surface area contributed by atoms with E-state index >= 15 is 0 Å². The average Bonchev–Trinajstić information content (AvgIpc) is 3.05. The van der Waals surface area contributed by atoms with E-state index in [0.29, 0.717) is 9.90 Å². The normalized spacial score (nSPS) is 11.1. The molecule has 0 aliphatic rings.